The van der Waals surface area contributed by atoms with Crippen LogP contribution in [-0.2, 0) is 27.2 Å². The van der Waals surface area contributed by atoms with Crippen molar-refractivity contribution in [2.75, 3.05) is 33.0 Å². The van der Waals surface area contributed by atoms with E-state index in [-0.39, 0.29) is 6.10 Å². The Morgan fingerprint density at radius 2 is 1.95 bits per heavy atom. The molecule has 3 heterocycles. The second kappa shape index (κ2) is 6.69. The predicted molar refractivity (Wildman–Crippen MR) is 81.7 cm³/mol. The molecule has 5 nitrogen and oxygen atoms in total. The summed E-state index contributed by atoms with van der Waals surface area (Å²) in [4.78, 5) is 0. The number of nitrogens with zero attached hydrogens (tertiary/aromatic N) is 2. The molecule has 1 aromatic rings. The first-order valence-electron chi connectivity index (χ1n) is 8.72. The summed E-state index contributed by atoms with van der Waals surface area (Å²) < 4.78 is 19.3. The number of hydrogen-bond acceptors (Lipinski definition) is 4. The molecule has 4 rings (SSSR count). The van der Waals surface area contributed by atoms with E-state index in [0.29, 0.717) is 12.5 Å². The van der Waals surface area contributed by atoms with Crippen molar-refractivity contribution < 1.29 is 14.2 Å². The van der Waals surface area contributed by atoms with Crippen LogP contribution in [0, 0.1) is 11.8 Å². The van der Waals surface area contributed by atoms with E-state index in [0.717, 1.165) is 63.8 Å². The van der Waals surface area contributed by atoms with Gasteiger partial charge in [-0.05, 0) is 49.5 Å². The van der Waals surface area contributed by atoms with Gasteiger partial charge in [-0.1, -0.05) is 0 Å². The van der Waals surface area contributed by atoms with Gasteiger partial charge in [-0.25, -0.2) is 0 Å². The molecule has 0 amide bonds. The maximum Gasteiger partial charge on any atom is 0.125 e. The molecular formula is C17H26N2O3. The van der Waals surface area contributed by atoms with Crippen LogP contribution in [0.4, 0.5) is 0 Å². The summed E-state index contributed by atoms with van der Waals surface area (Å²) in [6, 6.07) is 0. The van der Waals surface area contributed by atoms with E-state index in [9.17, 15) is 0 Å². The minimum atomic E-state index is 0.0263. The maximum absolute atomic E-state index is 5.89. The van der Waals surface area contributed by atoms with Crippen LogP contribution in [0.25, 0.3) is 0 Å². The van der Waals surface area contributed by atoms with Crippen LogP contribution in [0.15, 0.2) is 6.20 Å². The number of fused-ring (bicyclic) bond motifs is 1. The van der Waals surface area contributed by atoms with Gasteiger partial charge in [-0.3, -0.25) is 4.68 Å². The van der Waals surface area contributed by atoms with Crippen LogP contribution in [0.2, 0.25) is 0 Å². The van der Waals surface area contributed by atoms with Crippen molar-refractivity contribution in [2.24, 2.45) is 11.8 Å². The minimum Gasteiger partial charge on any atom is -0.381 e. The van der Waals surface area contributed by atoms with Crippen molar-refractivity contribution in [3.63, 3.8) is 0 Å². The van der Waals surface area contributed by atoms with E-state index in [1.54, 1.807) is 0 Å². The quantitative estimate of drug-likeness (QED) is 0.809. The number of aromatic nitrogens is 2. The van der Waals surface area contributed by atoms with Crippen molar-refractivity contribution in [3.8, 4) is 0 Å². The molecule has 0 aromatic carbocycles. The summed E-state index contributed by atoms with van der Waals surface area (Å²) in [5, 5.41) is 4.81. The summed E-state index contributed by atoms with van der Waals surface area (Å²) >= 11 is 0. The van der Waals surface area contributed by atoms with Crippen LogP contribution >= 0.6 is 0 Å². The Kier molecular flexibility index (Phi) is 4.46. The summed E-state index contributed by atoms with van der Waals surface area (Å²) in [5.41, 5.74) is 2.45. The van der Waals surface area contributed by atoms with Gasteiger partial charge in [0.25, 0.3) is 0 Å². The molecule has 1 aliphatic carbocycles. The molecule has 122 valence electrons. The van der Waals surface area contributed by atoms with E-state index in [1.807, 2.05) is 0 Å². The van der Waals surface area contributed by atoms with E-state index in [1.165, 1.54) is 18.4 Å². The zero-order chi connectivity index (χ0) is 14.8. The lowest BCUT2D eigenvalue weighted by Gasteiger charge is -2.22. The van der Waals surface area contributed by atoms with Crippen molar-refractivity contribution in [2.45, 2.75) is 44.8 Å². The van der Waals surface area contributed by atoms with Crippen LogP contribution in [-0.4, -0.2) is 42.8 Å². The zero-order valence-corrected chi connectivity index (χ0v) is 13.2. The Morgan fingerprint density at radius 1 is 1.09 bits per heavy atom. The molecule has 5 heteroatoms. The Hall–Kier alpha value is -0.910. The minimum absolute atomic E-state index is 0.0263. The molecule has 2 fully saturated rings. The third kappa shape index (κ3) is 3.53. The average molecular weight is 306 g/mol. The predicted octanol–water partition coefficient (Wildman–Crippen LogP) is 2.35. The lowest BCUT2D eigenvalue weighted by atomic mass is 10.0. The molecule has 0 unspecified atom stereocenters. The fourth-order valence-electron chi connectivity index (χ4n) is 3.37. The van der Waals surface area contributed by atoms with Gasteiger partial charge >= 0.3 is 0 Å². The van der Waals surface area contributed by atoms with Gasteiger partial charge in [0.05, 0.1) is 18.9 Å². The molecule has 0 N–H and O–H groups in total. The third-order valence-corrected chi connectivity index (χ3v) is 4.97. The second-order valence-electron chi connectivity index (χ2n) is 6.91. The SMILES string of the molecule is c1c2c(nn1CC1CCOCC1)[C@H](COCC1CC1)OCC2. The van der Waals surface area contributed by atoms with Gasteiger partial charge in [0.1, 0.15) is 6.10 Å². The van der Waals surface area contributed by atoms with Gasteiger partial charge in [0.15, 0.2) is 0 Å². The molecule has 0 radical (unpaired) electrons. The fraction of sp³-hybridized carbons (Fsp3) is 0.824. The van der Waals surface area contributed by atoms with Crippen molar-refractivity contribution in [1.82, 2.24) is 9.78 Å². The third-order valence-electron chi connectivity index (χ3n) is 4.97. The van der Waals surface area contributed by atoms with Crippen LogP contribution in [0.5, 0.6) is 0 Å². The van der Waals surface area contributed by atoms with Crippen molar-refractivity contribution in [1.29, 1.82) is 0 Å². The Balaban J connectivity index is 1.37. The number of hydrogen-bond donors (Lipinski definition) is 0. The smallest absolute Gasteiger partial charge is 0.125 e. The topological polar surface area (TPSA) is 45.5 Å². The molecule has 1 atom stereocenters. The summed E-state index contributed by atoms with van der Waals surface area (Å²) in [6.45, 7) is 5.12. The van der Waals surface area contributed by atoms with Gasteiger partial charge in [-0.2, -0.15) is 5.10 Å². The Labute approximate surface area is 131 Å². The molecule has 3 aliphatic rings. The zero-order valence-electron chi connectivity index (χ0n) is 13.2. The van der Waals surface area contributed by atoms with Crippen LogP contribution < -0.4 is 0 Å². The highest BCUT2D eigenvalue weighted by atomic mass is 16.5. The first kappa shape index (κ1) is 14.7. The molecule has 2 aliphatic heterocycles. The maximum atomic E-state index is 5.89. The number of rotatable bonds is 6. The Morgan fingerprint density at radius 3 is 2.77 bits per heavy atom. The van der Waals surface area contributed by atoms with E-state index in [2.05, 4.69) is 10.9 Å². The first-order valence-corrected chi connectivity index (χ1v) is 8.72. The first-order chi connectivity index (χ1) is 10.9. The molecule has 0 bridgehead atoms. The molecular weight excluding hydrogens is 280 g/mol. The van der Waals surface area contributed by atoms with Crippen LogP contribution in [0.3, 0.4) is 0 Å². The largest absolute Gasteiger partial charge is 0.381 e. The summed E-state index contributed by atoms with van der Waals surface area (Å²) in [5.74, 6) is 1.50. The molecule has 1 aromatic heterocycles. The molecule has 1 saturated heterocycles. The standard InChI is InChI=1S/C17H26N2O3/c1-2-14(1)11-21-12-16-17-15(5-8-22-16)10-19(18-17)9-13-3-6-20-7-4-13/h10,13-14,16H,1-9,11-12H2/t16-/m0/s1. The highest BCUT2D eigenvalue weighted by Gasteiger charge is 2.27. The molecule has 0 spiro atoms. The van der Waals surface area contributed by atoms with E-state index >= 15 is 0 Å². The van der Waals surface area contributed by atoms with E-state index < -0.39 is 0 Å². The number of ether oxygens (including phenoxy) is 3. The second-order valence-corrected chi connectivity index (χ2v) is 6.91. The lowest BCUT2D eigenvalue weighted by Crippen LogP contribution is -2.22. The van der Waals surface area contributed by atoms with Gasteiger partial charge in [-0.15, -0.1) is 0 Å². The van der Waals surface area contributed by atoms with E-state index in [4.69, 9.17) is 19.3 Å². The van der Waals surface area contributed by atoms with Gasteiger partial charge in [0.2, 0.25) is 0 Å². The fourth-order valence-corrected chi connectivity index (χ4v) is 3.37. The highest BCUT2D eigenvalue weighted by Crippen LogP contribution is 2.31. The lowest BCUT2D eigenvalue weighted by molar-refractivity contribution is -0.0295. The molecule has 22 heavy (non-hydrogen) atoms. The van der Waals surface area contributed by atoms with Gasteiger partial charge < -0.3 is 14.2 Å². The monoisotopic (exact) mass is 306 g/mol. The van der Waals surface area contributed by atoms with Gasteiger partial charge in [0, 0.05) is 32.6 Å². The highest BCUT2D eigenvalue weighted by molar-refractivity contribution is 5.22. The summed E-state index contributed by atoms with van der Waals surface area (Å²) in [7, 11) is 0. The average Bonchev–Trinajstić information content (AvgIpc) is 3.27. The Bertz CT molecular complexity index is 492. The van der Waals surface area contributed by atoms with Crippen LogP contribution in [0.1, 0.15) is 43.0 Å². The van der Waals surface area contributed by atoms with Crippen molar-refractivity contribution >= 4 is 0 Å². The summed E-state index contributed by atoms with van der Waals surface area (Å²) in [6.07, 6.45) is 8.18. The molecule has 1 saturated carbocycles. The van der Waals surface area contributed by atoms with Crippen molar-refractivity contribution in [3.05, 3.63) is 17.5 Å². The normalized spacial score (nSPS) is 26.1.